The predicted molar refractivity (Wildman–Crippen MR) is 75.0 cm³/mol. The van der Waals surface area contributed by atoms with Crippen LogP contribution in [0.3, 0.4) is 0 Å². The molecule has 0 aliphatic rings. The molecule has 0 spiro atoms. The molecule has 10 heteroatoms. The molecule has 0 aromatic heterocycles. The third-order valence-electron chi connectivity index (χ3n) is 2.84. The fourth-order valence-corrected chi connectivity index (χ4v) is 2.41. The smallest absolute Gasteiger partial charge is 0.341 e. The summed E-state index contributed by atoms with van der Waals surface area (Å²) in [5, 5.41) is 8.79. The zero-order valence-corrected chi connectivity index (χ0v) is 12.9. The van der Waals surface area contributed by atoms with Crippen molar-refractivity contribution in [2.45, 2.75) is 10.7 Å². The van der Waals surface area contributed by atoms with E-state index in [4.69, 9.17) is 9.84 Å². The number of amides is 1. The molecule has 0 atom stereocenters. The summed E-state index contributed by atoms with van der Waals surface area (Å²) >= 11 is 0. The molecule has 1 N–H and O–H groups in total. The largest absolute Gasteiger partial charge is 0.480 e. The summed E-state index contributed by atoms with van der Waals surface area (Å²) in [5.41, 5.74) is -0.0180. The Morgan fingerprint density at radius 2 is 1.83 bits per heavy atom. The highest BCUT2D eigenvalue weighted by molar-refractivity contribution is 7.91. The summed E-state index contributed by atoms with van der Waals surface area (Å²) in [6.45, 7) is -0.450. The van der Waals surface area contributed by atoms with E-state index in [9.17, 15) is 26.8 Å². The Kier molecular flexibility index (Phi) is 6.58. The van der Waals surface area contributed by atoms with Crippen molar-refractivity contribution in [1.29, 1.82) is 0 Å². The van der Waals surface area contributed by atoms with Gasteiger partial charge in [-0.2, -0.15) is 8.78 Å². The van der Waals surface area contributed by atoms with Crippen molar-refractivity contribution in [2.24, 2.45) is 0 Å². The summed E-state index contributed by atoms with van der Waals surface area (Å²) in [6, 6.07) is 3.87. The topological polar surface area (TPSA) is 101 Å². The molecule has 0 bridgehead atoms. The van der Waals surface area contributed by atoms with E-state index in [0.717, 1.165) is 29.2 Å². The Morgan fingerprint density at radius 1 is 1.26 bits per heavy atom. The number of rotatable bonds is 8. The van der Waals surface area contributed by atoms with Gasteiger partial charge in [-0.05, 0) is 24.3 Å². The van der Waals surface area contributed by atoms with Crippen LogP contribution >= 0.6 is 0 Å². The van der Waals surface area contributed by atoms with Gasteiger partial charge in [0.2, 0.25) is 9.84 Å². The fourth-order valence-electron chi connectivity index (χ4n) is 1.69. The highest BCUT2D eigenvalue weighted by Gasteiger charge is 2.27. The number of carboxylic acid groups (broad SMARTS) is 1. The quantitative estimate of drug-likeness (QED) is 0.745. The lowest BCUT2D eigenvalue weighted by Gasteiger charge is -2.20. The van der Waals surface area contributed by atoms with Gasteiger partial charge in [-0.25, -0.2) is 8.42 Å². The minimum Gasteiger partial charge on any atom is -0.480 e. The fraction of sp³-hybridized carbons (Fsp3) is 0.385. The van der Waals surface area contributed by atoms with Crippen LogP contribution in [0, 0.1) is 0 Å². The number of hydrogen-bond donors (Lipinski definition) is 1. The number of halogens is 2. The van der Waals surface area contributed by atoms with E-state index in [-0.39, 0.29) is 18.7 Å². The molecule has 0 unspecified atom stereocenters. The first-order valence-corrected chi connectivity index (χ1v) is 7.87. The third-order valence-corrected chi connectivity index (χ3v) is 4.24. The standard InChI is InChI=1S/C13H15F2NO6S/c1-22-7-6-16(8-11(17)18)12(19)9-2-4-10(5-3-9)23(20,21)13(14)15/h2-5,13H,6-8H2,1H3,(H,17,18). The molecule has 1 amide bonds. The second kappa shape index (κ2) is 7.97. The van der Waals surface area contributed by atoms with Gasteiger partial charge in [-0.15, -0.1) is 0 Å². The number of ether oxygens (including phenoxy) is 1. The van der Waals surface area contributed by atoms with Crippen molar-refractivity contribution in [3.05, 3.63) is 29.8 Å². The van der Waals surface area contributed by atoms with Gasteiger partial charge < -0.3 is 14.7 Å². The zero-order valence-electron chi connectivity index (χ0n) is 12.1. The second-order valence-corrected chi connectivity index (χ2v) is 6.36. The van der Waals surface area contributed by atoms with Gasteiger partial charge in [0.25, 0.3) is 5.91 Å². The highest BCUT2D eigenvalue weighted by atomic mass is 32.2. The molecule has 0 saturated heterocycles. The van der Waals surface area contributed by atoms with Crippen molar-refractivity contribution in [1.82, 2.24) is 4.90 Å². The van der Waals surface area contributed by atoms with Crippen molar-refractivity contribution >= 4 is 21.7 Å². The Bertz CT molecular complexity index is 660. The zero-order chi connectivity index (χ0) is 17.6. The van der Waals surface area contributed by atoms with Crippen molar-refractivity contribution in [3.63, 3.8) is 0 Å². The van der Waals surface area contributed by atoms with Crippen LogP contribution in [0.25, 0.3) is 0 Å². The highest BCUT2D eigenvalue weighted by Crippen LogP contribution is 2.19. The molecule has 0 aliphatic heterocycles. The van der Waals surface area contributed by atoms with E-state index in [1.807, 2.05) is 0 Å². The van der Waals surface area contributed by atoms with Gasteiger partial charge in [-0.3, -0.25) is 9.59 Å². The molecule has 0 aliphatic carbocycles. The molecule has 1 aromatic rings. The summed E-state index contributed by atoms with van der Waals surface area (Å²) in [7, 11) is -3.36. The van der Waals surface area contributed by atoms with E-state index in [1.165, 1.54) is 7.11 Å². The summed E-state index contributed by atoms with van der Waals surface area (Å²) in [5.74, 6) is -5.47. The van der Waals surface area contributed by atoms with Crippen LogP contribution in [-0.4, -0.2) is 62.9 Å². The van der Waals surface area contributed by atoms with Crippen molar-refractivity contribution in [3.8, 4) is 0 Å². The van der Waals surface area contributed by atoms with Crippen LogP contribution in [0.2, 0.25) is 0 Å². The first kappa shape index (κ1) is 19.0. The molecule has 0 heterocycles. The first-order chi connectivity index (χ1) is 10.7. The molecule has 1 aromatic carbocycles. The lowest BCUT2D eigenvalue weighted by atomic mass is 10.2. The Hall–Kier alpha value is -2.07. The Balaban J connectivity index is 3.00. The number of carbonyl (C=O) groups is 2. The average Bonchev–Trinajstić information content (AvgIpc) is 2.50. The van der Waals surface area contributed by atoms with Crippen LogP contribution in [0.5, 0.6) is 0 Å². The van der Waals surface area contributed by atoms with Crippen molar-refractivity contribution in [2.75, 3.05) is 26.8 Å². The minimum absolute atomic E-state index is 0.0126. The second-order valence-electron chi connectivity index (χ2n) is 4.44. The number of carbonyl (C=O) groups excluding carboxylic acids is 1. The summed E-state index contributed by atoms with van der Waals surface area (Å²) in [6.07, 6.45) is 0. The van der Waals surface area contributed by atoms with Gasteiger partial charge in [0.15, 0.2) is 0 Å². The SMILES string of the molecule is COCCN(CC(=O)O)C(=O)c1ccc(S(=O)(=O)C(F)F)cc1. The maximum absolute atomic E-state index is 12.4. The lowest BCUT2D eigenvalue weighted by Crippen LogP contribution is -2.38. The first-order valence-electron chi connectivity index (χ1n) is 6.32. The number of methoxy groups -OCH3 is 1. The van der Waals surface area contributed by atoms with Gasteiger partial charge in [0.05, 0.1) is 11.5 Å². The summed E-state index contributed by atoms with van der Waals surface area (Å²) in [4.78, 5) is 23.3. The van der Waals surface area contributed by atoms with Gasteiger partial charge >= 0.3 is 11.7 Å². The molecule has 23 heavy (non-hydrogen) atoms. The monoisotopic (exact) mass is 351 g/mol. The van der Waals surface area contributed by atoms with E-state index < -0.39 is 38.9 Å². The number of aliphatic carboxylic acids is 1. The van der Waals surface area contributed by atoms with Crippen LogP contribution < -0.4 is 0 Å². The molecule has 0 saturated carbocycles. The number of hydrogen-bond acceptors (Lipinski definition) is 5. The van der Waals surface area contributed by atoms with Crippen LogP contribution in [0.4, 0.5) is 8.78 Å². The van der Waals surface area contributed by atoms with Gasteiger partial charge in [-0.1, -0.05) is 0 Å². The molecule has 0 radical (unpaired) electrons. The molecule has 7 nitrogen and oxygen atoms in total. The normalized spacial score (nSPS) is 11.5. The Labute approximate surface area is 131 Å². The number of benzene rings is 1. The van der Waals surface area contributed by atoms with Crippen LogP contribution in [-0.2, 0) is 19.4 Å². The molecule has 128 valence electrons. The maximum Gasteiger partial charge on any atom is 0.341 e. The van der Waals surface area contributed by atoms with E-state index >= 15 is 0 Å². The van der Waals surface area contributed by atoms with E-state index in [0.29, 0.717) is 0 Å². The predicted octanol–water partition coefficient (Wildman–Crippen LogP) is 0.856. The molecular weight excluding hydrogens is 336 g/mol. The van der Waals surface area contributed by atoms with Crippen LogP contribution in [0.15, 0.2) is 29.2 Å². The number of sulfone groups is 1. The maximum atomic E-state index is 12.4. The molecule has 0 fully saturated rings. The van der Waals surface area contributed by atoms with Crippen molar-refractivity contribution < 1.29 is 36.6 Å². The Morgan fingerprint density at radius 3 is 2.26 bits per heavy atom. The average molecular weight is 351 g/mol. The number of alkyl halides is 2. The lowest BCUT2D eigenvalue weighted by molar-refractivity contribution is -0.137. The summed E-state index contributed by atoms with van der Waals surface area (Å²) < 4.78 is 52.2. The van der Waals surface area contributed by atoms with E-state index in [2.05, 4.69) is 0 Å². The third kappa shape index (κ3) is 4.96. The number of carboxylic acids is 1. The van der Waals surface area contributed by atoms with Gasteiger partial charge in [0.1, 0.15) is 6.54 Å². The van der Waals surface area contributed by atoms with E-state index in [1.54, 1.807) is 0 Å². The molecular formula is C13H15F2NO6S. The minimum atomic E-state index is -4.75. The molecule has 1 rings (SSSR count). The van der Waals surface area contributed by atoms with Crippen LogP contribution in [0.1, 0.15) is 10.4 Å². The number of nitrogens with zero attached hydrogens (tertiary/aromatic N) is 1. The van der Waals surface area contributed by atoms with Gasteiger partial charge in [0, 0.05) is 19.2 Å².